The molecule has 0 aromatic heterocycles. The maximum atomic E-state index is 6.15. The summed E-state index contributed by atoms with van der Waals surface area (Å²) < 4.78 is 0. The van der Waals surface area contributed by atoms with Gasteiger partial charge in [0.05, 0.1) is 10.7 Å². The van der Waals surface area contributed by atoms with Crippen LogP contribution in [0.2, 0.25) is 10.0 Å². The molecule has 26 heavy (non-hydrogen) atoms. The van der Waals surface area contributed by atoms with Crippen molar-refractivity contribution in [1.29, 1.82) is 0 Å². The Morgan fingerprint density at radius 3 is 2.35 bits per heavy atom. The highest BCUT2D eigenvalue weighted by molar-refractivity contribution is 6.35. The van der Waals surface area contributed by atoms with Crippen LogP contribution < -0.4 is 4.90 Å². The minimum absolute atomic E-state index is 0.585. The molecule has 3 aromatic rings. The standard InChI is InChI=1S/C22H20Cl2N2/c1-2-26(16-18-6-4-3-5-7-18)20-11-8-17(9-12-20)15-25-22-14-19(23)10-13-21(22)24/h3-15H,2,16H2,1H3. The van der Waals surface area contributed by atoms with Gasteiger partial charge in [0.15, 0.2) is 0 Å². The van der Waals surface area contributed by atoms with Gasteiger partial charge in [-0.3, -0.25) is 4.99 Å². The number of hydrogen-bond donors (Lipinski definition) is 0. The monoisotopic (exact) mass is 382 g/mol. The van der Waals surface area contributed by atoms with E-state index in [9.17, 15) is 0 Å². The molecule has 0 aliphatic heterocycles. The number of rotatable bonds is 6. The Hall–Kier alpha value is -2.29. The predicted molar refractivity (Wildman–Crippen MR) is 113 cm³/mol. The highest BCUT2D eigenvalue weighted by Gasteiger charge is 2.05. The molecule has 0 aliphatic carbocycles. The molecule has 4 heteroatoms. The fraction of sp³-hybridized carbons (Fsp3) is 0.136. The second-order valence-electron chi connectivity index (χ2n) is 5.95. The lowest BCUT2D eigenvalue weighted by molar-refractivity contribution is 0.832. The zero-order valence-corrected chi connectivity index (χ0v) is 16.1. The van der Waals surface area contributed by atoms with Crippen LogP contribution in [0.5, 0.6) is 0 Å². The second kappa shape index (κ2) is 8.88. The molecule has 3 aromatic carbocycles. The van der Waals surface area contributed by atoms with Crippen molar-refractivity contribution in [3.05, 3.63) is 94.0 Å². The zero-order chi connectivity index (χ0) is 18.4. The summed E-state index contributed by atoms with van der Waals surface area (Å²) in [6.07, 6.45) is 1.80. The SMILES string of the molecule is CCN(Cc1ccccc1)c1ccc(C=Nc2cc(Cl)ccc2Cl)cc1. The average molecular weight is 383 g/mol. The van der Waals surface area contributed by atoms with E-state index in [1.54, 1.807) is 24.4 Å². The van der Waals surface area contributed by atoms with Gasteiger partial charge in [-0.05, 0) is 48.4 Å². The van der Waals surface area contributed by atoms with Crippen LogP contribution in [0.25, 0.3) is 0 Å². The normalized spacial score (nSPS) is 11.0. The molecular formula is C22H20Cl2N2. The van der Waals surface area contributed by atoms with Crippen LogP contribution in [0.15, 0.2) is 77.8 Å². The quantitative estimate of drug-likeness (QED) is 0.429. The fourth-order valence-electron chi connectivity index (χ4n) is 2.69. The number of anilines is 1. The molecule has 0 fully saturated rings. The Bertz CT molecular complexity index is 874. The topological polar surface area (TPSA) is 15.6 Å². The third kappa shape index (κ3) is 4.87. The Kier molecular flexibility index (Phi) is 6.32. The summed E-state index contributed by atoms with van der Waals surface area (Å²) in [6, 6.07) is 24.1. The molecular weight excluding hydrogens is 363 g/mol. The van der Waals surface area contributed by atoms with Crippen LogP contribution in [0, 0.1) is 0 Å². The lowest BCUT2D eigenvalue weighted by Gasteiger charge is -2.23. The van der Waals surface area contributed by atoms with E-state index in [0.29, 0.717) is 15.7 Å². The van der Waals surface area contributed by atoms with Crippen molar-refractivity contribution in [1.82, 2.24) is 0 Å². The fourth-order valence-corrected chi connectivity index (χ4v) is 3.02. The lowest BCUT2D eigenvalue weighted by atomic mass is 10.1. The summed E-state index contributed by atoms with van der Waals surface area (Å²) in [4.78, 5) is 6.78. The van der Waals surface area contributed by atoms with Gasteiger partial charge in [-0.15, -0.1) is 0 Å². The smallest absolute Gasteiger partial charge is 0.0830 e. The van der Waals surface area contributed by atoms with Crippen molar-refractivity contribution >= 4 is 40.8 Å². The molecule has 0 bridgehead atoms. The molecule has 0 amide bonds. The van der Waals surface area contributed by atoms with Crippen LogP contribution >= 0.6 is 23.2 Å². The molecule has 0 atom stereocenters. The van der Waals surface area contributed by atoms with Gasteiger partial charge in [0, 0.05) is 30.0 Å². The summed E-state index contributed by atoms with van der Waals surface area (Å²) in [5, 5.41) is 1.21. The predicted octanol–water partition coefficient (Wildman–Crippen LogP) is 6.77. The van der Waals surface area contributed by atoms with Crippen molar-refractivity contribution in [2.24, 2.45) is 4.99 Å². The molecule has 0 saturated carbocycles. The Morgan fingerprint density at radius 1 is 0.923 bits per heavy atom. The zero-order valence-electron chi connectivity index (χ0n) is 14.6. The minimum Gasteiger partial charge on any atom is -0.367 e. The molecule has 0 N–H and O–H groups in total. The number of halogens is 2. The molecule has 0 radical (unpaired) electrons. The largest absolute Gasteiger partial charge is 0.367 e. The van der Waals surface area contributed by atoms with E-state index in [1.165, 1.54) is 11.3 Å². The summed E-state index contributed by atoms with van der Waals surface area (Å²) in [7, 11) is 0. The van der Waals surface area contributed by atoms with Gasteiger partial charge < -0.3 is 4.90 Å². The number of nitrogens with zero attached hydrogens (tertiary/aromatic N) is 2. The van der Waals surface area contributed by atoms with Gasteiger partial charge in [0.2, 0.25) is 0 Å². The maximum absolute atomic E-state index is 6.15. The van der Waals surface area contributed by atoms with Crippen molar-refractivity contribution in [2.45, 2.75) is 13.5 Å². The van der Waals surface area contributed by atoms with Gasteiger partial charge in [0.25, 0.3) is 0 Å². The number of benzene rings is 3. The first-order chi connectivity index (χ1) is 12.7. The van der Waals surface area contributed by atoms with E-state index in [1.807, 2.05) is 6.07 Å². The first-order valence-electron chi connectivity index (χ1n) is 8.54. The van der Waals surface area contributed by atoms with E-state index in [-0.39, 0.29) is 0 Å². The summed E-state index contributed by atoms with van der Waals surface area (Å²) in [6.45, 7) is 4.00. The molecule has 0 spiro atoms. The average Bonchev–Trinajstić information content (AvgIpc) is 2.68. The third-order valence-electron chi connectivity index (χ3n) is 4.12. The summed E-state index contributed by atoms with van der Waals surface area (Å²) in [5.41, 5.74) is 4.17. The van der Waals surface area contributed by atoms with Crippen molar-refractivity contribution in [2.75, 3.05) is 11.4 Å². The molecule has 2 nitrogen and oxygen atoms in total. The van der Waals surface area contributed by atoms with Gasteiger partial charge in [0.1, 0.15) is 0 Å². The number of aliphatic imine (C=N–C) groups is 1. The van der Waals surface area contributed by atoms with Gasteiger partial charge in [-0.25, -0.2) is 0 Å². The Morgan fingerprint density at radius 2 is 1.65 bits per heavy atom. The molecule has 0 unspecified atom stereocenters. The van der Waals surface area contributed by atoms with Crippen LogP contribution in [0.4, 0.5) is 11.4 Å². The van der Waals surface area contributed by atoms with Crippen LogP contribution in [-0.4, -0.2) is 12.8 Å². The van der Waals surface area contributed by atoms with Crippen molar-refractivity contribution in [3.8, 4) is 0 Å². The molecule has 0 saturated heterocycles. The van der Waals surface area contributed by atoms with E-state index >= 15 is 0 Å². The summed E-state index contributed by atoms with van der Waals surface area (Å²) >= 11 is 12.1. The van der Waals surface area contributed by atoms with Crippen LogP contribution in [0.1, 0.15) is 18.1 Å². The third-order valence-corrected chi connectivity index (χ3v) is 4.67. The Labute approximate surface area is 164 Å². The van der Waals surface area contributed by atoms with Gasteiger partial charge in [-0.1, -0.05) is 65.7 Å². The first kappa shape index (κ1) is 18.5. The van der Waals surface area contributed by atoms with Gasteiger partial charge in [-0.2, -0.15) is 0 Å². The maximum Gasteiger partial charge on any atom is 0.0830 e. The first-order valence-corrected chi connectivity index (χ1v) is 9.29. The lowest BCUT2D eigenvalue weighted by Crippen LogP contribution is -2.21. The second-order valence-corrected chi connectivity index (χ2v) is 6.79. The highest BCUT2D eigenvalue weighted by atomic mass is 35.5. The van der Waals surface area contributed by atoms with E-state index < -0.39 is 0 Å². The molecule has 3 rings (SSSR count). The van der Waals surface area contributed by atoms with E-state index in [4.69, 9.17) is 23.2 Å². The van der Waals surface area contributed by atoms with E-state index in [0.717, 1.165) is 18.7 Å². The number of hydrogen-bond acceptors (Lipinski definition) is 2. The van der Waals surface area contributed by atoms with Crippen molar-refractivity contribution < 1.29 is 0 Å². The minimum atomic E-state index is 0.585. The molecule has 0 aliphatic rings. The van der Waals surface area contributed by atoms with Gasteiger partial charge >= 0.3 is 0 Å². The van der Waals surface area contributed by atoms with E-state index in [2.05, 4.69) is 65.3 Å². The van der Waals surface area contributed by atoms with Crippen LogP contribution in [0.3, 0.4) is 0 Å². The molecule has 0 heterocycles. The van der Waals surface area contributed by atoms with Crippen molar-refractivity contribution in [3.63, 3.8) is 0 Å². The highest BCUT2D eigenvalue weighted by Crippen LogP contribution is 2.28. The summed E-state index contributed by atoms with van der Waals surface area (Å²) in [5.74, 6) is 0. The van der Waals surface area contributed by atoms with Crippen LogP contribution in [-0.2, 0) is 6.54 Å². The molecule has 132 valence electrons. The Balaban J connectivity index is 1.73.